The van der Waals surface area contributed by atoms with Crippen LogP contribution in [0, 0.1) is 11.6 Å². The Bertz CT molecular complexity index is 1180. The summed E-state index contributed by atoms with van der Waals surface area (Å²) in [6.45, 7) is -0.0322. The number of benzene rings is 2. The summed E-state index contributed by atoms with van der Waals surface area (Å²) in [7, 11) is 0. The molecule has 8 heteroatoms. The van der Waals surface area contributed by atoms with Gasteiger partial charge in [0.25, 0.3) is 0 Å². The first kappa shape index (κ1) is 19.1. The molecule has 2 aromatic carbocycles. The summed E-state index contributed by atoms with van der Waals surface area (Å²) in [5.74, 6) is -0.558. The molecular formula is C21H16F2N4OS. The second-order valence-electron chi connectivity index (χ2n) is 6.30. The SMILES string of the molecule is O=C(Cn1c(SCc2cccc(F)c2)nc2cccnc21)Nc1cccc(F)c1. The van der Waals surface area contributed by atoms with Crippen LogP contribution in [-0.4, -0.2) is 20.4 Å². The molecule has 0 aliphatic carbocycles. The van der Waals surface area contributed by atoms with Crippen molar-refractivity contribution < 1.29 is 13.6 Å². The van der Waals surface area contributed by atoms with Crippen molar-refractivity contribution in [3.63, 3.8) is 0 Å². The van der Waals surface area contributed by atoms with E-state index in [-0.39, 0.29) is 18.3 Å². The number of aromatic nitrogens is 3. The third-order valence-electron chi connectivity index (χ3n) is 4.14. The van der Waals surface area contributed by atoms with Crippen molar-refractivity contribution in [2.75, 3.05) is 5.32 Å². The molecule has 29 heavy (non-hydrogen) atoms. The summed E-state index contributed by atoms with van der Waals surface area (Å²) in [5, 5.41) is 3.27. The first-order chi connectivity index (χ1) is 14.1. The summed E-state index contributed by atoms with van der Waals surface area (Å²) >= 11 is 1.39. The molecule has 1 N–H and O–H groups in total. The molecule has 0 saturated carbocycles. The Labute approximate surface area is 169 Å². The van der Waals surface area contributed by atoms with E-state index < -0.39 is 5.82 Å². The van der Waals surface area contributed by atoms with Gasteiger partial charge in [-0.2, -0.15) is 0 Å². The van der Waals surface area contributed by atoms with Gasteiger partial charge in [-0.25, -0.2) is 18.7 Å². The fraction of sp³-hybridized carbons (Fsp3) is 0.0952. The molecule has 1 amide bonds. The highest BCUT2D eigenvalue weighted by Crippen LogP contribution is 2.26. The summed E-state index contributed by atoms with van der Waals surface area (Å²) in [4.78, 5) is 21.4. The van der Waals surface area contributed by atoms with Crippen LogP contribution >= 0.6 is 11.8 Å². The number of halogens is 2. The summed E-state index contributed by atoms with van der Waals surface area (Å²) in [5.41, 5.74) is 2.42. The Morgan fingerprint density at radius 2 is 1.83 bits per heavy atom. The Morgan fingerprint density at radius 1 is 1.03 bits per heavy atom. The maximum Gasteiger partial charge on any atom is 0.244 e. The zero-order chi connectivity index (χ0) is 20.2. The number of rotatable bonds is 6. The van der Waals surface area contributed by atoms with Crippen LogP contribution in [0.15, 0.2) is 72.0 Å². The zero-order valence-electron chi connectivity index (χ0n) is 15.2. The average molecular weight is 410 g/mol. The molecule has 0 fully saturated rings. The standard InChI is InChI=1S/C21H16F2N4OS/c22-15-5-1-4-14(10-15)13-29-21-26-18-8-3-9-24-20(18)27(21)12-19(28)25-17-7-2-6-16(23)11-17/h1-11H,12-13H2,(H,25,28). The minimum absolute atomic E-state index is 0.0322. The Kier molecular flexibility index (Phi) is 5.53. The van der Waals surface area contributed by atoms with Crippen LogP contribution in [0.5, 0.6) is 0 Å². The fourth-order valence-electron chi connectivity index (χ4n) is 2.88. The first-order valence-corrected chi connectivity index (χ1v) is 9.81. The smallest absolute Gasteiger partial charge is 0.244 e. The normalized spacial score (nSPS) is 11.0. The number of nitrogens with one attached hydrogen (secondary N) is 1. The molecule has 0 atom stereocenters. The van der Waals surface area contributed by atoms with Gasteiger partial charge in [0.1, 0.15) is 23.7 Å². The van der Waals surface area contributed by atoms with Crippen molar-refractivity contribution in [3.05, 3.63) is 84.1 Å². The molecule has 0 aliphatic rings. The van der Waals surface area contributed by atoms with E-state index >= 15 is 0 Å². The van der Waals surface area contributed by atoms with E-state index in [1.807, 2.05) is 12.1 Å². The quantitative estimate of drug-likeness (QED) is 0.471. The van der Waals surface area contributed by atoms with Crippen molar-refractivity contribution in [2.24, 2.45) is 0 Å². The monoisotopic (exact) mass is 410 g/mol. The lowest BCUT2D eigenvalue weighted by atomic mass is 10.2. The highest BCUT2D eigenvalue weighted by molar-refractivity contribution is 7.98. The van der Waals surface area contributed by atoms with Crippen molar-refractivity contribution in [3.8, 4) is 0 Å². The number of hydrogen-bond acceptors (Lipinski definition) is 4. The van der Waals surface area contributed by atoms with Gasteiger partial charge in [-0.15, -0.1) is 0 Å². The van der Waals surface area contributed by atoms with Crippen LogP contribution in [0.4, 0.5) is 14.5 Å². The number of carbonyl (C=O) groups excluding carboxylic acids is 1. The Balaban J connectivity index is 1.57. The molecular weight excluding hydrogens is 394 g/mol. The van der Waals surface area contributed by atoms with Crippen LogP contribution in [0.3, 0.4) is 0 Å². The van der Waals surface area contributed by atoms with Crippen LogP contribution in [-0.2, 0) is 17.1 Å². The van der Waals surface area contributed by atoms with E-state index in [0.717, 1.165) is 5.56 Å². The van der Waals surface area contributed by atoms with Gasteiger partial charge in [0.15, 0.2) is 10.8 Å². The Hall–Kier alpha value is -3.26. The molecule has 0 spiro atoms. The first-order valence-electron chi connectivity index (χ1n) is 8.82. The number of fused-ring (bicyclic) bond motifs is 1. The molecule has 0 unspecified atom stereocenters. The van der Waals surface area contributed by atoms with Gasteiger partial charge >= 0.3 is 0 Å². The molecule has 5 nitrogen and oxygen atoms in total. The largest absolute Gasteiger partial charge is 0.324 e. The van der Waals surface area contributed by atoms with Crippen molar-refractivity contribution >= 4 is 34.5 Å². The van der Waals surface area contributed by atoms with E-state index in [1.165, 1.54) is 42.1 Å². The minimum Gasteiger partial charge on any atom is -0.324 e. The van der Waals surface area contributed by atoms with Crippen molar-refractivity contribution in [2.45, 2.75) is 17.5 Å². The average Bonchev–Trinajstić information content (AvgIpc) is 3.04. The second-order valence-corrected chi connectivity index (χ2v) is 7.25. The van der Waals surface area contributed by atoms with E-state index in [2.05, 4.69) is 15.3 Å². The molecule has 2 heterocycles. The maximum atomic E-state index is 13.4. The molecule has 0 saturated heterocycles. The van der Waals surface area contributed by atoms with Gasteiger partial charge in [-0.05, 0) is 48.0 Å². The second kappa shape index (κ2) is 8.40. The number of pyridine rings is 1. The minimum atomic E-state index is -0.427. The molecule has 2 aromatic heterocycles. The zero-order valence-corrected chi connectivity index (χ0v) is 16.0. The Morgan fingerprint density at radius 3 is 2.62 bits per heavy atom. The highest BCUT2D eigenvalue weighted by atomic mass is 32.2. The molecule has 0 bridgehead atoms. The molecule has 0 radical (unpaired) electrons. The maximum absolute atomic E-state index is 13.4. The number of hydrogen-bond donors (Lipinski definition) is 1. The number of nitrogens with zero attached hydrogens (tertiary/aromatic N) is 3. The molecule has 0 aliphatic heterocycles. The molecule has 4 rings (SSSR count). The van der Waals surface area contributed by atoms with Crippen LogP contribution in [0.25, 0.3) is 11.2 Å². The van der Waals surface area contributed by atoms with Crippen LogP contribution < -0.4 is 5.32 Å². The number of imidazole rings is 1. The van der Waals surface area contributed by atoms with Gasteiger partial charge < -0.3 is 5.32 Å². The van der Waals surface area contributed by atoms with E-state index in [0.29, 0.717) is 27.8 Å². The third-order valence-corrected chi connectivity index (χ3v) is 5.18. The van der Waals surface area contributed by atoms with Crippen molar-refractivity contribution in [1.82, 2.24) is 14.5 Å². The predicted octanol–water partition coefficient (Wildman–Crippen LogP) is 4.64. The molecule has 4 aromatic rings. The number of carbonyl (C=O) groups is 1. The number of amides is 1. The van der Waals surface area contributed by atoms with Crippen LogP contribution in [0.2, 0.25) is 0 Å². The lowest BCUT2D eigenvalue weighted by molar-refractivity contribution is -0.116. The van der Waals surface area contributed by atoms with Gasteiger partial charge in [-0.1, -0.05) is 30.0 Å². The molecule has 146 valence electrons. The number of anilines is 1. The predicted molar refractivity (Wildman–Crippen MR) is 109 cm³/mol. The van der Waals surface area contributed by atoms with Crippen molar-refractivity contribution in [1.29, 1.82) is 0 Å². The van der Waals surface area contributed by atoms with Gasteiger partial charge in [0, 0.05) is 17.6 Å². The number of thioether (sulfide) groups is 1. The topological polar surface area (TPSA) is 59.8 Å². The lowest BCUT2D eigenvalue weighted by Gasteiger charge is -2.09. The van der Waals surface area contributed by atoms with Gasteiger partial charge in [-0.3, -0.25) is 9.36 Å². The van der Waals surface area contributed by atoms with Gasteiger partial charge in [0.2, 0.25) is 5.91 Å². The summed E-state index contributed by atoms with van der Waals surface area (Å²) in [6, 6.07) is 15.6. The van der Waals surface area contributed by atoms with E-state index in [1.54, 1.807) is 29.0 Å². The summed E-state index contributed by atoms with van der Waals surface area (Å²) < 4.78 is 28.5. The van der Waals surface area contributed by atoms with Crippen LogP contribution in [0.1, 0.15) is 5.56 Å². The van der Waals surface area contributed by atoms with Gasteiger partial charge in [0.05, 0.1) is 0 Å². The van der Waals surface area contributed by atoms with E-state index in [9.17, 15) is 13.6 Å². The fourth-order valence-corrected chi connectivity index (χ4v) is 3.82. The van der Waals surface area contributed by atoms with E-state index in [4.69, 9.17) is 0 Å². The lowest BCUT2D eigenvalue weighted by Crippen LogP contribution is -2.19. The highest BCUT2D eigenvalue weighted by Gasteiger charge is 2.15. The third kappa shape index (κ3) is 4.60. The summed E-state index contributed by atoms with van der Waals surface area (Å²) in [6.07, 6.45) is 1.63.